The van der Waals surface area contributed by atoms with Crippen LogP contribution in [0.1, 0.15) is 34.1 Å². The molecule has 0 radical (unpaired) electrons. The highest BCUT2D eigenvalue weighted by atomic mass is 16.5. The lowest BCUT2D eigenvalue weighted by atomic mass is 9.67. The first-order chi connectivity index (χ1) is 5.46. The Kier molecular flexibility index (Phi) is 2.30. The van der Waals surface area contributed by atoms with E-state index in [0.717, 1.165) is 12.7 Å². The van der Waals surface area contributed by atoms with Crippen molar-refractivity contribution in [2.75, 3.05) is 6.61 Å². The number of ether oxygens (including phenoxy) is 1. The van der Waals surface area contributed by atoms with Crippen LogP contribution in [0.3, 0.4) is 0 Å². The molecule has 70 valence electrons. The third kappa shape index (κ3) is 1.09. The molecule has 2 heteroatoms. The average Bonchev–Trinajstić information content (AvgIpc) is 2.25. The highest BCUT2D eigenvalue weighted by molar-refractivity contribution is 5.62. The van der Waals surface area contributed by atoms with Gasteiger partial charge >= 0.3 is 0 Å². The molecule has 1 aliphatic rings. The molecular formula is C10H18O2. The van der Waals surface area contributed by atoms with Gasteiger partial charge < -0.3 is 9.53 Å². The van der Waals surface area contributed by atoms with Crippen molar-refractivity contribution in [1.82, 2.24) is 0 Å². The zero-order valence-electron chi connectivity index (χ0n) is 8.39. The van der Waals surface area contributed by atoms with E-state index in [4.69, 9.17) is 4.74 Å². The smallest absolute Gasteiger partial charge is 0.129 e. The molecule has 0 aromatic rings. The fourth-order valence-corrected chi connectivity index (χ4v) is 2.23. The van der Waals surface area contributed by atoms with Crippen molar-refractivity contribution in [3.8, 4) is 0 Å². The molecule has 0 amide bonds. The second-order valence-corrected chi connectivity index (χ2v) is 4.42. The van der Waals surface area contributed by atoms with Gasteiger partial charge in [-0.3, -0.25) is 0 Å². The normalized spacial score (nSPS) is 34.1. The second-order valence-electron chi connectivity index (χ2n) is 4.42. The lowest BCUT2D eigenvalue weighted by molar-refractivity contribution is -0.129. The van der Waals surface area contributed by atoms with Crippen molar-refractivity contribution in [1.29, 1.82) is 0 Å². The van der Waals surface area contributed by atoms with Crippen LogP contribution >= 0.6 is 0 Å². The third-order valence-electron chi connectivity index (χ3n) is 3.34. The molecule has 0 saturated carbocycles. The van der Waals surface area contributed by atoms with Crippen LogP contribution < -0.4 is 0 Å². The van der Waals surface area contributed by atoms with E-state index in [1.807, 2.05) is 13.8 Å². The van der Waals surface area contributed by atoms with Gasteiger partial charge in [0.05, 0.1) is 11.0 Å². The summed E-state index contributed by atoms with van der Waals surface area (Å²) < 4.78 is 5.58. The van der Waals surface area contributed by atoms with Crippen molar-refractivity contribution < 1.29 is 9.53 Å². The number of carbonyl (C=O) groups excluding carboxylic acids is 1. The van der Waals surface area contributed by atoms with Crippen LogP contribution in [0.25, 0.3) is 0 Å². The van der Waals surface area contributed by atoms with Gasteiger partial charge in [0.15, 0.2) is 0 Å². The van der Waals surface area contributed by atoms with Crippen LogP contribution in [-0.2, 0) is 9.53 Å². The van der Waals surface area contributed by atoms with Crippen LogP contribution in [0.2, 0.25) is 0 Å². The number of rotatable bonds is 2. The van der Waals surface area contributed by atoms with E-state index in [0.29, 0.717) is 12.5 Å². The highest BCUT2D eigenvalue weighted by Gasteiger charge is 2.52. The van der Waals surface area contributed by atoms with Crippen molar-refractivity contribution in [3.63, 3.8) is 0 Å². The molecule has 1 rings (SSSR count). The fourth-order valence-electron chi connectivity index (χ4n) is 2.23. The van der Waals surface area contributed by atoms with E-state index < -0.39 is 0 Å². The molecule has 0 bridgehead atoms. The van der Waals surface area contributed by atoms with E-state index in [-0.39, 0.29) is 11.0 Å². The SMILES string of the molecule is CC(C)C1(C=O)CCOC1(C)C. The summed E-state index contributed by atoms with van der Waals surface area (Å²) in [7, 11) is 0. The summed E-state index contributed by atoms with van der Waals surface area (Å²) in [6.07, 6.45) is 1.95. The molecule has 12 heavy (non-hydrogen) atoms. The lowest BCUT2D eigenvalue weighted by Gasteiger charge is -2.38. The first-order valence-electron chi connectivity index (χ1n) is 4.56. The van der Waals surface area contributed by atoms with Crippen molar-refractivity contribution in [2.24, 2.45) is 11.3 Å². The summed E-state index contributed by atoms with van der Waals surface area (Å²) in [6.45, 7) is 8.91. The Morgan fingerprint density at radius 2 is 2.00 bits per heavy atom. The largest absolute Gasteiger partial charge is 0.374 e. The first kappa shape index (κ1) is 9.72. The average molecular weight is 170 g/mol. The number of carbonyl (C=O) groups is 1. The number of hydrogen-bond acceptors (Lipinski definition) is 2. The number of aldehydes is 1. The minimum absolute atomic E-state index is 0.271. The van der Waals surface area contributed by atoms with Crippen molar-refractivity contribution in [2.45, 2.75) is 39.7 Å². The van der Waals surface area contributed by atoms with E-state index in [1.54, 1.807) is 0 Å². The topological polar surface area (TPSA) is 26.3 Å². The van der Waals surface area contributed by atoms with Gasteiger partial charge in [0.2, 0.25) is 0 Å². The van der Waals surface area contributed by atoms with Gasteiger partial charge in [-0.2, -0.15) is 0 Å². The summed E-state index contributed by atoms with van der Waals surface area (Å²) in [5.41, 5.74) is -0.560. The quantitative estimate of drug-likeness (QED) is 0.593. The summed E-state index contributed by atoms with van der Waals surface area (Å²) >= 11 is 0. The summed E-state index contributed by atoms with van der Waals surface area (Å²) in [6, 6.07) is 0. The maximum Gasteiger partial charge on any atom is 0.129 e. The van der Waals surface area contributed by atoms with E-state index >= 15 is 0 Å². The minimum atomic E-state index is -0.289. The Hall–Kier alpha value is -0.370. The Labute approximate surface area is 74.3 Å². The molecule has 0 aromatic heterocycles. The zero-order chi connectivity index (χ0) is 9.41. The predicted molar refractivity (Wildman–Crippen MR) is 48.0 cm³/mol. The van der Waals surface area contributed by atoms with Crippen molar-refractivity contribution >= 4 is 6.29 Å². The molecule has 1 unspecified atom stereocenters. The second kappa shape index (κ2) is 2.84. The van der Waals surface area contributed by atoms with Gasteiger partial charge in [0, 0.05) is 6.61 Å². The van der Waals surface area contributed by atoms with Gasteiger partial charge in [-0.25, -0.2) is 0 Å². The maximum absolute atomic E-state index is 11.1. The lowest BCUT2D eigenvalue weighted by Crippen LogP contribution is -2.45. The van der Waals surface area contributed by atoms with Gasteiger partial charge in [-0.1, -0.05) is 13.8 Å². The molecule has 1 aliphatic heterocycles. The molecular weight excluding hydrogens is 152 g/mol. The van der Waals surface area contributed by atoms with Crippen LogP contribution in [0, 0.1) is 11.3 Å². The molecule has 1 fully saturated rings. The molecule has 1 atom stereocenters. The third-order valence-corrected chi connectivity index (χ3v) is 3.34. The van der Waals surface area contributed by atoms with Gasteiger partial charge in [0.25, 0.3) is 0 Å². The van der Waals surface area contributed by atoms with E-state index in [2.05, 4.69) is 13.8 Å². The number of hydrogen-bond donors (Lipinski definition) is 0. The fraction of sp³-hybridized carbons (Fsp3) is 0.900. The van der Waals surface area contributed by atoms with Gasteiger partial charge in [-0.15, -0.1) is 0 Å². The Morgan fingerprint density at radius 3 is 2.17 bits per heavy atom. The molecule has 0 spiro atoms. The standard InChI is InChI=1S/C10H18O2/c1-8(2)10(7-11)5-6-12-9(10,3)4/h7-8H,5-6H2,1-4H3. The first-order valence-corrected chi connectivity index (χ1v) is 4.56. The van der Waals surface area contributed by atoms with E-state index in [1.165, 1.54) is 0 Å². The Balaban J connectivity index is 3.00. The Morgan fingerprint density at radius 1 is 1.42 bits per heavy atom. The molecule has 2 nitrogen and oxygen atoms in total. The maximum atomic E-state index is 11.1. The zero-order valence-corrected chi connectivity index (χ0v) is 8.39. The molecule has 1 heterocycles. The summed E-state index contributed by atoms with van der Waals surface area (Å²) in [5, 5.41) is 0. The summed E-state index contributed by atoms with van der Waals surface area (Å²) in [4.78, 5) is 11.1. The van der Waals surface area contributed by atoms with Crippen LogP contribution in [0.15, 0.2) is 0 Å². The minimum Gasteiger partial charge on any atom is -0.374 e. The highest BCUT2D eigenvalue weighted by Crippen LogP contribution is 2.47. The van der Waals surface area contributed by atoms with Crippen LogP contribution in [0.5, 0.6) is 0 Å². The van der Waals surface area contributed by atoms with Crippen molar-refractivity contribution in [3.05, 3.63) is 0 Å². The predicted octanol–water partition coefficient (Wildman–Crippen LogP) is 2.03. The Bertz CT molecular complexity index is 184. The monoisotopic (exact) mass is 170 g/mol. The summed E-state index contributed by atoms with van der Waals surface area (Å²) in [5.74, 6) is 0.354. The molecule has 0 aliphatic carbocycles. The van der Waals surface area contributed by atoms with Gasteiger partial charge in [0.1, 0.15) is 6.29 Å². The van der Waals surface area contributed by atoms with Crippen LogP contribution in [-0.4, -0.2) is 18.5 Å². The molecule has 1 saturated heterocycles. The van der Waals surface area contributed by atoms with Crippen LogP contribution in [0.4, 0.5) is 0 Å². The molecule has 0 aromatic carbocycles. The van der Waals surface area contributed by atoms with E-state index in [9.17, 15) is 4.79 Å². The van der Waals surface area contributed by atoms with Gasteiger partial charge in [-0.05, 0) is 26.2 Å². The molecule has 0 N–H and O–H groups in total.